The van der Waals surface area contributed by atoms with E-state index in [-0.39, 0.29) is 46.8 Å². The lowest BCUT2D eigenvalue weighted by atomic mass is 9.43. The van der Waals surface area contributed by atoms with Crippen molar-refractivity contribution in [3.8, 4) is 0 Å². The highest BCUT2D eigenvalue weighted by molar-refractivity contribution is 5.79. The summed E-state index contributed by atoms with van der Waals surface area (Å²) in [5, 5.41) is 25.7. The Morgan fingerprint density at radius 3 is 2.61 bits per heavy atom. The number of hydrogen-bond acceptors (Lipinski definition) is 4. The van der Waals surface area contributed by atoms with Crippen LogP contribution in [0, 0.1) is 40.4 Å². The molecule has 4 rings (SSSR count). The molecule has 0 radical (unpaired) electrons. The van der Waals surface area contributed by atoms with E-state index in [9.17, 15) is 19.8 Å². The zero-order valence-corrected chi connectivity index (χ0v) is 19.9. The fraction of sp³-hybridized carbons (Fsp3) is 0.923. The van der Waals surface area contributed by atoms with Crippen molar-refractivity contribution in [1.29, 1.82) is 0 Å². The van der Waals surface area contributed by atoms with E-state index in [4.69, 9.17) is 0 Å². The topological polar surface area (TPSA) is 86.6 Å². The third-order valence-electron chi connectivity index (χ3n) is 10.2. The number of aliphatic hydroxyl groups is 2. The number of amides is 1. The minimum Gasteiger partial charge on any atom is -0.393 e. The molecule has 4 aliphatic rings. The molecule has 0 bridgehead atoms. The van der Waals surface area contributed by atoms with Crippen molar-refractivity contribution in [3.63, 3.8) is 0 Å². The summed E-state index contributed by atoms with van der Waals surface area (Å²) in [6, 6.07) is 0.172. The van der Waals surface area contributed by atoms with Crippen LogP contribution in [0.25, 0.3) is 0 Å². The van der Waals surface area contributed by atoms with Crippen molar-refractivity contribution in [3.05, 3.63) is 0 Å². The summed E-state index contributed by atoms with van der Waals surface area (Å²) in [5.41, 5.74) is -0.114. The molecular formula is C26H43NO4. The van der Waals surface area contributed by atoms with Gasteiger partial charge in [0, 0.05) is 25.3 Å². The van der Waals surface area contributed by atoms with Crippen LogP contribution in [0.15, 0.2) is 0 Å². The van der Waals surface area contributed by atoms with E-state index in [2.05, 4.69) is 19.2 Å². The molecule has 0 aliphatic heterocycles. The van der Waals surface area contributed by atoms with Gasteiger partial charge in [-0.1, -0.05) is 13.8 Å². The molecule has 5 nitrogen and oxygen atoms in total. The normalized spacial score (nSPS) is 46.9. The molecule has 0 aromatic carbocycles. The minimum atomic E-state index is -0.365. The standard InChI is InChI=1S/C26H43NO4/c1-15(2)27-23(31)7-5-6-16-8-9-19-24-20(14-22(30)26(16,19)4)25(3)11-10-18(28)12-17(25)13-21(24)29/h15-17,19-22,24,29-30H,5-14H2,1-4H3,(H,27,31)/t16-,17?,19?,20?,21+,22-,24?,25-,26+/m0/s1. The van der Waals surface area contributed by atoms with E-state index in [1.807, 2.05) is 13.8 Å². The van der Waals surface area contributed by atoms with Gasteiger partial charge < -0.3 is 15.5 Å². The van der Waals surface area contributed by atoms with Gasteiger partial charge in [0.2, 0.25) is 5.91 Å². The first-order valence-electron chi connectivity index (χ1n) is 12.7. The summed E-state index contributed by atoms with van der Waals surface area (Å²) in [4.78, 5) is 24.2. The number of aliphatic hydroxyl groups excluding tert-OH is 2. The molecule has 0 aromatic rings. The molecule has 5 heteroatoms. The van der Waals surface area contributed by atoms with E-state index >= 15 is 0 Å². The summed E-state index contributed by atoms with van der Waals surface area (Å²) < 4.78 is 0. The number of ketones is 1. The molecule has 4 fully saturated rings. The Morgan fingerprint density at radius 1 is 1.16 bits per heavy atom. The minimum absolute atomic E-state index is 0.0626. The number of Topliss-reactive ketones (excluding diaryl/α,β-unsaturated/α-hetero) is 1. The molecule has 0 spiro atoms. The van der Waals surface area contributed by atoms with Gasteiger partial charge in [0.05, 0.1) is 12.2 Å². The predicted molar refractivity (Wildman–Crippen MR) is 120 cm³/mol. The Hall–Kier alpha value is -0.940. The second-order valence-electron chi connectivity index (χ2n) is 12.0. The summed E-state index contributed by atoms with van der Waals surface area (Å²) >= 11 is 0. The van der Waals surface area contributed by atoms with Gasteiger partial charge >= 0.3 is 0 Å². The van der Waals surface area contributed by atoms with Crippen LogP contribution in [-0.2, 0) is 9.59 Å². The van der Waals surface area contributed by atoms with E-state index in [1.165, 1.54) is 0 Å². The Balaban J connectivity index is 1.49. The Bertz CT molecular complexity index is 708. The fourth-order valence-electron chi connectivity index (χ4n) is 8.48. The van der Waals surface area contributed by atoms with Gasteiger partial charge in [-0.15, -0.1) is 0 Å². The Labute approximate surface area is 187 Å². The second kappa shape index (κ2) is 8.44. The number of carbonyl (C=O) groups is 2. The summed E-state index contributed by atoms with van der Waals surface area (Å²) in [5.74, 6) is 2.00. The van der Waals surface area contributed by atoms with Gasteiger partial charge in [-0.3, -0.25) is 9.59 Å². The highest BCUT2D eigenvalue weighted by atomic mass is 16.3. The molecular weight excluding hydrogens is 390 g/mol. The third-order valence-corrected chi connectivity index (χ3v) is 10.2. The molecule has 0 saturated heterocycles. The average Bonchev–Trinajstić information content (AvgIpc) is 3.01. The molecule has 4 unspecified atom stereocenters. The van der Waals surface area contributed by atoms with Crippen LogP contribution in [0.3, 0.4) is 0 Å². The largest absolute Gasteiger partial charge is 0.393 e. The highest BCUT2D eigenvalue weighted by Crippen LogP contribution is 2.67. The highest BCUT2D eigenvalue weighted by Gasteiger charge is 2.65. The third kappa shape index (κ3) is 3.88. The van der Waals surface area contributed by atoms with E-state index in [1.54, 1.807) is 0 Å². The maximum absolute atomic E-state index is 12.1. The van der Waals surface area contributed by atoms with Crippen LogP contribution in [0.4, 0.5) is 0 Å². The predicted octanol–water partition coefficient (Wildman–Crippen LogP) is 3.85. The van der Waals surface area contributed by atoms with Gasteiger partial charge in [-0.2, -0.15) is 0 Å². The average molecular weight is 434 g/mol. The molecule has 4 aliphatic carbocycles. The SMILES string of the molecule is CC(C)NC(=O)CCC[C@H]1CCC2C3C(C[C@H](O)[C@@]21C)[C@@]1(C)CCC(=O)CC1C[C@H]3O. The van der Waals surface area contributed by atoms with Crippen LogP contribution in [0.5, 0.6) is 0 Å². The van der Waals surface area contributed by atoms with Gasteiger partial charge in [0.1, 0.15) is 5.78 Å². The van der Waals surface area contributed by atoms with Crippen molar-refractivity contribution in [2.24, 2.45) is 40.4 Å². The zero-order chi connectivity index (χ0) is 22.6. The molecule has 0 aromatic heterocycles. The van der Waals surface area contributed by atoms with Crippen LogP contribution < -0.4 is 5.32 Å². The second-order valence-corrected chi connectivity index (χ2v) is 12.0. The quantitative estimate of drug-likeness (QED) is 0.615. The number of carbonyl (C=O) groups excluding carboxylic acids is 2. The van der Waals surface area contributed by atoms with Crippen molar-refractivity contribution in [2.75, 3.05) is 0 Å². The maximum Gasteiger partial charge on any atom is 0.220 e. The van der Waals surface area contributed by atoms with Crippen LogP contribution in [0.1, 0.15) is 91.9 Å². The van der Waals surface area contributed by atoms with E-state index in [0.717, 1.165) is 44.9 Å². The van der Waals surface area contributed by atoms with Gasteiger partial charge in [-0.25, -0.2) is 0 Å². The van der Waals surface area contributed by atoms with Crippen LogP contribution in [0.2, 0.25) is 0 Å². The van der Waals surface area contributed by atoms with Crippen molar-refractivity contribution >= 4 is 11.7 Å². The van der Waals surface area contributed by atoms with E-state index in [0.29, 0.717) is 42.8 Å². The Kier molecular flexibility index (Phi) is 6.33. The lowest BCUT2D eigenvalue weighted by Gasteiger charge is -2.62. The summed E-state index contributed by atoms with van der Waals surface area (Å²) in [7, 11) is 0. The smallest absolute Gasteiger partial charge is 0.220 e. The lowest BCUT2D eigenvalue weighted by molar-refractivity contribution is -0.198. The fourth-order valence-corrected chi connectivity index (χ4v) is 8.48. The monoisotopic (exact) mass is 433 g/mol. The molecule has 9 atom stereocenters. The van der Waals surface area contributed by atoms with Crippen LogP contribution in [-0.4, -0.2) is 40.2 Å². The Morgan fingerprint density at radius 2 is 1.90 bits per heavy atom. The first kappa shape index (κ1) is 23.2. The number of hydrogen-bond donors (Lipinski definition) is 3. The molecule has 176 valence electrons. The van der Waals surface area contributed by atoms with E-state index < -0.39 is 0 Å². The summed E-state index contributed by atoms with van der Waals surface area (Å²) in [6.07, 6.45) is 7.47. The first-order valence-corrected chi connectivity index (χ1v) is 12.7. The molecule has 0 heterocycles. The van der Waals surface area contributed by atoms with Crippen LogP contribution >= 0.6 is 0 Å². The van der Waals surface area contributed by atoms with Crippen molar-refractivity contribution in [2.45, 2.75) is 110 Å². The molecule has 31 heavy (non-hydrogen) atoms. The maximum atomic E-state index is 12.1. The number of nitrogens with one attached hydrogen (secondary N) is 1. The molecule has 1 amide bonds. The number of fused-ring (bicyclic) bond motifs is 5. The first-order chi connectivity index (χ1) is 14.6. The van der Waals surface area contributed by atoms with Gasteiger partial charge in [0.25, 0.3) is 0 Å². The lowest BCUT2D eigenvalue weighted by Crippen LogP contribution is -2.61. The zero-order valence-electron chi connectivity index (χ0n) is 19.9. The molecule has 4 saturated carbocycles. The van der Waals surface area contributed by atoms with Gasteiger partial charge in [-0.05, 0) is 99.2 Å². The molecule has 3 N–H and O–H groups in total. The van der Waals surface area contributed by atoms with Gasteiger partial charge in [0.15, 0.2) is 0 Å². The van der Waals surface area contributed by atoms with Crippen molar-refractivity contribution < 1.29 is 19.8 Å². The van der Waals surface area contributed by atoms with Crippen molar-refractivity contribution in [1.82, 2.24) is 5.32 Å². The summed E-state index contributed by atoms with van der Waals surface area (Å²) in [6.45, 7) is 8.56. The number of rotatable bonds is 5.